The number of hydrogen-bond acceptors (Lipinski definition) is 3. The second kappa shape index (κ2) is 7.44. The Hall–Kier alpha value is -1.84. The second-order valence-electron chi connectivity index (χ2n) is 3.77. The first-order valence-electron chi connectivity index (χ1n) is 5.58. The molecule has 0 aliphatic carbocycles. The number of aryl methyl sites for hydroxylation is 1. The van der Waals surface area contributed by atoms with Crippen LogP contribution in [0.25, 0.3) is 0 Å². The zero-order valence-electron chi connectivity index (χ0n) is 9.86. The number of carbonyl (C=O) groups is 1. The zero-order valence-corrected chi connectivity index (χ0v) is 9.86. The molecule has 1 N–H and O–H groups in total. The standard InChI is InChI=1S/C13H16NO3/c1-11(16)14-13-7-5-12(6-8-13)4-2-3-9-17-10-15/h5-8H,2-4,9H2,1H3,(H,14,16). The first-order valence-corrected chi connectivity index (χ1v) is 5.58. The summed E-state index contributed by atoms with van der Waals surface area (Å²) in [5.74, 6) is -0.0694. The summed E-state index contributed by atoms with van der Waals surface area (Å²) in [5, 5.41) is 2.71. The first kappa shape index (κ1) is 13.2. The molecule has 1 amide bonds. The van der Waals surface area contributed by atoms with Gasteiger partial charge in [0.2, 0.25) is 5.91 Å². The van der Waals surface area contributed by atoms with Gasteiger partial charge in [0.1, 0.15) is 0 Å². The predicted octanol–water partition coefficient (Wildman–Crippen LogP) is 2.05. The van der Waals surface area contributed by atoms with Crippen molar-refractivity contribution in [3.05, 3.63) is 29.8 Å². The quantitative estimate of drug-likeness (QED) is 0.734. The number of carbonyl (C=O) groups excluding carboxylic acids is 2. The van der Waals surface area contributed by atoms with Gasteiger partial charge < -0.3 is 10.1 Å². The van der Waals surface area contributed by atoms with Gasteiger partial charge in [-0.25, -0.2) is 4.79 Å². The summed E-state index contributed by atoms with van der Waals surface area (Å²) in [6.07, 6.45) is 2.73. The van der Waals surface area contributed by atoms with Crippen molar-refractivity contribution >= 4 is 18.1 Å². The summed E-state index contributed by atoms with van der Waals surface area (Å²) in [5.41, 5.74) is 2.01. The van der Waals surface area contributed by atoms with Crippen LogP contribution in [0.4, 0.5) is 5.69 Å². The normalized spacial score (nSPS) is 9.71. The number of nitrogens with one attached hydrogen (secondary N) is 1. The molecule has 0 fully saturated rings. The fourth-order valence-electron chi connectivity index (χ4n) is 1.50. The van der Waals surface area contributed by atoms with Gasteiger partial charge >= 0.3 is 6.47 Å². The topological polar surface area (TPSA) is 55.4 Å². The van der Waals surface area contributed by atoms with E-state index in [1.165, 1.54) is 19.0 Å². The molecule has 4 nitrogen and oxygen atoms in total. The Labute approximate surface area is 101 Å². The lowest BCUT2D eigenvalue weighted by atomic mass is 10.1. The van der Waals surface area contributed by atoms with Gasteiger partial charge in [-0.1, -0.05) is 12.1 Å². The summed E-state index contributed by atoms with van der Waals surface area (Å²) >= 11 is 0. The molecule has 1 radical (unpaired) electrons. The molecule has 0 aromatic heterocycles. The maximum atomic E-state index is 10.8. The number of hydrogen-bond donors (Lipinski definition) is 1. The third-order valence-electron chi connectivity index (χ3n) is 2.30. The van der Waals surface area contributed by atoms with Crippen molar-refractivity contribution in [2.45, 2.75) is 26.2 Å². The van der Waals surface area contributed by atoms with E-state index >= 15 is 0 Å². The predicted molar refractivity (Wildman–Crippen MR) is 65.3 cm³/mol. The molecule has 17 heavy (non-hydrogen) atoms. The highest BCUT2D eigenvalue weighted by Crippen LogP contribution is 2.11. The van der Waals surface area contributed by atoms with Crippen molar-refractivity contribution in [3.8, 4) is 0 Å². The Morgan fingerprint density at radius 2 is 2.00 bits per heavy atom. The molecular weight excluding hydrogens is 218 g/mol. The number of rotatable bonds is 7. The van der Waals surface area contributed by atoms with Gasteiger partial charge in [-0.05, 0) is 37.0 Å². The number of amides is 1. The second-order valence-corrected chi connectivity index (χ2v) is 3.77. The monoisotopic (exact) mass is 234 g/mol. The largest absolute Gasteiger partial charge is 0.457 e. The van der Waals surface area contributed by atoms with Crippen LogP contribution in [0.1, 0.15) is 25.3 Å². The van der Waals surface area contributed by atoms with Crippen molar-refractivity contribution in [3.63, 3.8) is 0 Å². The molecule has 1 rings (SSSR count). The van der Waals surface area contributed by atoms with Crippen molar-refractivity contribution in [2.75, 3.05) is 11.9 Å². The maximum Gasteiger partial charge on any atom is 0.417 e. The molecule has 1 aromatic rings. The minimum atomic E-state index is -0.0694. The van der Waals surface area contributed by atoms with Crippen molar-refractivity contribution in [2.24, 2.45) is 0 Å². The summed E-state index contributed by atoms with van der Waals surface area (Å²) in [7, 11) is 0. The van der Waals surface area contributed by atoms with Crippen LogP contribution in [0, 0.1) is 0 Å². The van der Waals surface area contributed by atoms with Crippen LogP contribution in [0.15, 0.2) is 24.3 Å². The maximum absolute atomic E-state index is 10.8. The SMILES string of the molecule is CC(=O)Nc1ccc(CCCCO[C]=O)cc1. The fraction of sp³-hybridized carbons (Fsp3) is 0.385. The highest BCUT2D eigenvalue weighted by atomic mass is 16.5. The van der Waals surface area contributed by atoms with Crippen LogP contribution in [-0.4, -0.2) is 19.0 Å². The van der Waals surface area contributed by atoms with E-state index in [2.05, 4.69) is 10.1 Å². The summed E-state index contributed by atoms with van der Waals surface area (Å²) in [4.78, 5) is 20.6. The summed E-state index contributed by atoms with van der Waals surface area (Å²) in [6.45, 7) is 3.31. The van der Waals surface area contributed by atoms with Gasteiger partial charge in [0.15, 0.2) is 0 Å². The molecule has 1 aromatic carbocycles. The smallest absolute Gasteiger partial charge is 0.417 e. The Balaban J connectivity index is 2.30. The lowest BCUT2D eigenvalue weighted by molar-refractivity contribution is -0.114. The lowest BCUT2D eigenvalue weighted by Gasteiger charge is -2.04. The number of benzene rings is 1. The van der Waals surface area contributed by atoms with E-state index in [1.54, 1.807) is 0 Å². The molecule has 0 saturated heterocycles. The van der Waals surface area contributed by atoms with E-state index < -0.39 is 0 Å². The Bertz CT molecular complexity index is 359. The number of ether oxygens (including phenoxy) is 1. The Morgan fingerprint density at radius 1 is 1.29 bits per heavy atom. The minimum absolute atomic E-state index is 0.0694. The fourth-order valence-corrected chi connectivity index (χ4v) is 1.50. The van der Waals surface area contributed by atoms with E-state index in [1.807, 2.05) is 24.3 Å². The zero-order chi connectivity index (χ0) is 12.5. The van der Waals surface area contributed by atoms with Crippen molar-refractivity contribution in [1.29, 1.82) is 0 Å². The molecule has 0 saturated carbocycles. The van der Waals surface area contributed by atoms with Crippen LogP contribution >= 0.6 is 0 Å². The van der Waals surface area contributed by atoms with E-state index in [0.717, 1.165) is 24.9 Å². The van der Waals surface area contributed by atoms with Gasteiger partial charge in [-0.15, -0.1) is 0 Å². The molecule has 0 unspecified atom stereocenters. The molecule has 0 atom stereocenters. The third-order valence-corrected chi connectivity index (χ3v) is 2.30. The van der Waals surface area contributed by atoms with Gasteiger partial charge in [0, 0.05) is 12.6 Å². The first-order chi connectivity index (χ1) is 8.22. The van der Waals surface area contributed by atoms with Gasteiger partial charge in [-0.2, -0.15) is 0 Å². The summed E-state index contributed by atoms with van der Waals surface area (Å²) < 4.78 is 4.48. The molecular formula is C13H16NO3. The highest BCUT2D eigenvalue weighted by molar-refractivity contribution is 5.88. The van der Waals surface area contributed by atoms with Crippen molar-refractivity contribution < 1.29 is 14.3 Å². The summed E-state index contributed by atoms with van der Waals surface area (Å²) in [6, 6.07) is 7.73. The highest BCUT2D eigenvalue weighted by Gasteiger charge is 1.97. The van der Waals surface area contributed by atoms with E-state index in [9.17, 15) is 9.59 Å². The Kier molecular flexibility index (Phi) is 5.79. The molecule has 0 aliphatic heterocycles. The Morgan fingerprint density at radius 3 is 2.59 bits per heavy atom. The van der Waals surface area contributed by atoms with E-state index in [-0.39, 0.29) is 5.91 Å². The van der Waals surface area contributed by atoms with Gasteiger partial charge in [0.25, 0.3) is 0 Å². The number of anilines is 1. The van der Waals surface area contributed by atoms with E-state index in [4.69, 9.17) is 0 Å². The third kappa shape index (κ3) is 5.70. The van der Waals surface area contributed by atoms with Crippen LogP contribution in [0.5, 0.6) is 0 Å². The van der Waals surface area contributed by atoms with Crippen molar-refractivity contribution in [1.82, 2.24) is 0 Å². The van der Waals surface area contributed by atoms with E-state index in [0.29, 0.717) is 6.61 Å². The van der Waals surface area contributed by atoms with Crippen LogP contribution < -0.4 is 5.32 Å². The molecule has 4 heteroatoms. The van der Waals surface area contributed by atoms with Gasteiger partial charge in [-0.3, -0.25) is 4.79 Å². The van der Waals surface area contributed by atoms with Crippen LogP contribution in [0.2, 0.25) is 0 Å². The minimum Gasteiger partial charge on any atom is -0.457 e. The average Bonchev–Trinajstić information content (AvgIpc) is 2.30. The van der Waals surface area contributed by atoms with Crippen LogP contribution in [0.3, 0.4) is 0 Å². The number of unbranched alkanes of at least 4 members (excludes halogenated alkanes) is 1. The molecule has 0 aliphatic rings. The molecule has 0 spiro atoms. The van der Waals surface area contributed by atoms with Crippen LogP contribution in [-0.2, 0) is 20.7 Å². The van der Waals surface area contributed by atoms with Gasteiger partial charge in [0.05, 0.1) is 6.61 Å². The lowest BCUT2D eigenvalue weighted by Crippen LogP contribution is -2.05. The molecule has 0 bridgehead atoms. The average molecular weight is 234 g/mol. The molecule has 0 heterocycles. The molecule has 91 valence electrons.